The quantitative estimate of drug-likeness (QED) is 0.859. The fourth-order valence-corrected chi connectivity index (χ4v) is 5.37. The van der Waals surface area contributed by atoms with E-state index in [9.17, 15) is 13.5 Å². The van der Waals surface area contributed by atoms with Gasteiger partial charge in [-0.05, 0) is 44.3 Å². The van der Waals surface area contributed by atoms with Crippen molar-refractivity contribution in [1.82, 2.24) is 9.62 Å². The lowest BCUT2D eigenvalue weighted by Gasteiger charge is -2.32. The molecule has 114 valence electrons. The summed E-state index contributed by atoms with van der Waals surface area (Å²) in [6, 6.07) is 0.259. The maximum atomic E-state index is 12.4. The largest absolute Gasteiger partial charge is 0.391 e. The first-order valence-corrected chi connectivity index (χ1v) is 9.19. The van der Waals surface area contributed by atoms with E-state index in [1.165, 1.54) is 17.8 Å². The molecule has 1 saturated heterocycles. The minimum Gasteiger partial charge on any atom is -0.391 e. The van der Waals surface area contributed by atoms with E-state index in [0.717, 1.165) is 19.4 Å². The number of nitrogens with one attached hydrogen (secondary N) is 1. The van der Waals surface area contributed by atoms with Crippen LogP contribution in [0.25, 0.3) is 0 Å². The summed E-state index contributed by atoms with van der Waals surface area (Å²) in [5, 5.41) is 11.0. The standard InChI is InChI=1S/C13H22N2O3S2/c1-10-9-19-12(8-16)13(10)20(17,18)14-7-11-5-3-4-6-15(11)2/h9,11,14,16H,3-8H2,1-2H3. The van der Waals surface area contributed by atoms with Crippen molar-refractivity contribution in [3.63, 3.8) is 0 Å². The summed E-state index contributed by atoms with van der Waals surface area (Å²) in [4.78, 5) is 2.97. The average Bonchev–Trinajstić information content (AvgIpc) is 2.80. The predicted octanol–water partition coefficient (Wildman–Crippen LogP) is 1.31. The van der Waals surface area contributed by atoms with Crippen LogP contribution in [0.4, 0.5) is 0 Å². The average molecular weight is 318 g/mol. The van der Waals surface area contributed by atoms with Crippen molar-refractivity contribution in [1.29, 1.82) is 0 Å². The minimum atomic E-state index is -3.54. The molecule has 1 aliphatic heterocycles. The van der Waals surface area contributed by atoms with Crippen molar-refractivity contribution < 1.29 is 13.5 Å². The van der Waals surface area contributed by atoms with E-state index >= 15 is 0 Å². The maximum absolute atomic E-state index is 12.4. The smallest absolute Gasteiger partial charge is 0.242 e. The van der Waals surface area contributed by atoms with E-state index in [1.54, 1.807) is 12.3 Å². The number of nitrogens with zero attached hydrogens (tertiary/aromatic N) is 1. The molecule has 2 heterocycles. The Labute approximate surface area is 124 Å². The van der Waals surface area contributed by atoms with Crippen LogP contribution in [0.3, 0.4) is 0 Å². The Morgan fingerprint density at radius 2 is 2.25 bits per heavy atom. The highest BCUT2D eigenvalue weighted by Crippen LogP contribution is 2.27. The predicted molar refractivity (Wildman–Crippen MR) is 80.4 cm³/mol. The van der Waals surface area contributed by atoms with Crippen LogP contribution in [0, 0.1) is 6.92 Å². The molecular formula is C13H22N2O3S2. The third-order valence-electron chi connectivity index (χ3n) is 3.83. The van der Waals surface area contributed by atoms with E-state index in [-0.39, 0.29) is 17.5 Å². The second kappa shape index (κ2) is 6.53. The summed E-state index contributed by atoms with van der Waals surface area (Å²) in [5.41, 5.74) is 0.698. The van der Waals surface area contributed by atoms with Gasteiger partial charge in [0, 0.05) is 12.6 Å². The topological polar surface area (TPSA) is 69.6 Å². The summed E-state index contributed by atoms with van der Waals surface area (Å²) in [6.07, 6.45) is 3.35. The number of aliphatic hydroxyl groups is 1. The second-order valence-corrected chi connectivity index (χ2v) is 7.98. The van der Waals surface area contributed by atoms with Gasteiger partial charge in [-0.25, -0.2) is 13.1 Å². The molecule has 1 unspecified atom stereocenters. The van der Waals surface area contributed by atoms with E-state index in [2.05, 4.69) is 9.62 Å². The number of piperidine rings is 1. The molecule has 0 spiro atoms. The van der Waals surface area contributed by atoms with Crippen LogP contribution < -0.4 is 4.72 Å². The Hall–Kier alpha value is -0.470. The number of aryl methyl sites for hydroxylation is 1. The number of hydrogen-bond acceptors (Lipinski definition) is 5. The van der Waals surface area contributed by atoms with Gasteiger partial charge in [-0.3, -0.25) is 0 Å². The third-order valence-corrected chi connectivity index (χ3v) is 6.70. The van der Waals surface area contributed by atoms with Crippen LogP contribution in [-0.4, -0.2) is 44.6 Å². The van der Waals surface area contributed by atoms with Crippen molar-refractivity contribution in [3.05, 3.63) is 15.8 Å². The molecule has 20 heavy (non-hydrogen) atoms. The Morgan fingerprint density at radius 1 is 1.50 bits per heavy atom. The van der Waals surface area contributed by atoms with E-state index in [1.807, 2.05) is 7.05 Å². The molecule has 0 amide bonds. The van der Waals surface area contributed by atoms with Crippen molar-refractivity contribution in [2.45, 2.75) is 43.7 Å². The molecule has 1 aromatic rings. The van der Waals surface area contributed by atoms with Gasteiger partial charge in [0.05, 0.1) is 11.5 Å². The zero-order valence-electron chi connectivity index (χ0n) is 11.9. The zero-order chi connectivity index (χ0) is 14.8. The summed E-state index contributed by atoms with van der Waals surface area (Å²) in [5.74, 6) is 0. The number of likely N-dealkylation sites (N-methyl/N-ethyl adjacent to an activating group) is 1. The molecule has 0 bridgehead atoms. The van der Waals surface area contributed by atoms with Gasteiger partial charge in [-0.15, -0.1) is 11.3 Å². The molecule has 1 aliphatic rings. The lowest BCUT2D eigenvalue weighted by molar-refractivity contribution is 0.187. The number of hydrogen-bond donors (Lipinski definition) is 2. The van der Waals surface area contributed by atoms with Crippen LogP contribution in [0.15, 0.2) is 10.3 Å². The van der Waals surface area contributed by atoms with Gasteiger partial charge in [0.15, 0.2) is 0 Å². The molecule has 1 aromatic heterocycles. The summed E-state index contributed by atoms with van der Waals surface area (Å²) < 4.78 is 27.5. The van der Waals surface area contributed by atoms with E-state index < -0.39 is 10.0 Å². The monoisotopic (exact) mass is 318 g/mol. The Kier molecular flexibility index (Phi) is 5.19. The maximum Gasteiger partial charge on any atom is 0.242 e. The Morgan fingerprint density at radius 3 is 2.90 bits per heavy atom. The van der Waals surface area contributed by atoms with E-state index in [4.69, 9.17) is 0 Å². The van der Waals surface area contributed by atoms with Gasteiger partial charge >= 0.3 is 0 Å². The molecule has 2 rings (SSSR count). The van der Waals surface area contributed by atoms with Gasteiger partial charge < -0.3 is 10.0 Å². The van der Waals surface area contributed by atoms with Crippen molar-refractivity contribution in [2.24, 2.45) is 0 Å². The highest BCUT2D eigenvalue weighted by molar-refractivity contribution is 7.89. The van der Waals surface area contributed by atoms with Gasteiger partial charge in [-0.1, -0.05) is 6.42 Å². The van der Waals surface area contributed by atoms with Crippen molar-refractivity contribution in [2.75, 3.05) is 20.1 Å². The molecule has 5 nitrogen and oxygen atoms in total. The molecule has 1 fully saturated rings. The van der Waals surface area contributed by atoms with Crippen LogP contribution >= 0.6 is 11.3 Å². The van der Waals surface area contributed by atoms with Crippen molar-refractivity contribution >= 4 is 21.4 Å². The van der Waals surface area contributed by atoms with Crippen molar-refractivity contribution in [3.8, 4) is 0 Å². The Balaban J connectivity index is 2.09. The fourth-order valence-electron chi connectivity index (χ4n) is 2.64. The molecule has 1 atom stereocenters. The lowest BCUT2D eigenvalue weighted by atomic mass is 10.0. The highest BCUT2D eigenvalue weighted by atomic mass is 32.2. The first kappa shape index (κ1) is 15.9. The van der Waals surface area contributed by atoms with Gasteiger partial charge in [-0.2, -0.15) is 0 Å². The molecular weight excluding hydrogens is 296 g/mol. The van der Waals surface area contributed by atoms with Gasteiger partial charge in [0.25, 0.3) is 0 Å². The highest BCUT2D eigenvalue weighted by Gasteiger charge is 2.25. The number of aliphatic hydroxyl groups excluding tert-OH is 1. The molecule has 0 radical (unpaired) electrons. The summed E-state index contributed by atoms with van der Waals surface area (Å²) in [6.45, 7) is 2.97. The van der Waals surface area contributed by atoms with Crippen LogP contribution in [-0.2, 0) is 16.6 Å². The normalized spacial score (nSPS) is 21.2. The molecule has 0 aliphatic carbocycles. The number of rotatable bonds is 5. The summed E-state index contributed by atoms with van der Waals surface area (Å²) in [7, 11) is -1.50. The number of thiophene rings is 1. The lowest BCUT2D eigenvalue weighted by Crippen LogP contribution is -2.44. The minimum absolute atomic E-state index is 0.238. The SMILES string of the molecule is Cc1csc(CO)c1S(=O)(=O)NCC1CCCCN1C. The van der Waals surface area contributed by atoms with Crippen LogP contribution in [0.5, 0.6) is 0 Å². The second-order valence-electron chi connectivity index (χ2n) is 5.31. The molecule has 7 heteroatoms. The zero-order valence-corrected chi connectivity index (χ0v) is 13.6. The first-order valence-electron chi connectivity index (χ1n) is 6.83. The van der Waals surface area contributed by atoms with E-state index in [0.29, 0.717) is 17.0 Å². The fraction of sp³-hybridized carbons (Fsp3) is 0.692. The third kappa shape index (κ3) is 3.40. The summed E-state index contributed by atoms with van der Waals surface area (Å²) >= 11 is 1.29. The Bertz CT molecular complexity index is 554. The van der Waals surface area contributed by atoms with Crippen LogP contribution in [0.1, 0.15) is 29.7 Å². The number of likely N-dealkylation sites (tertiary alicyclic amines) is 1. The molecule has 2 N–H and O–H groups in total. The van der Waals surface area contributed by atoms with Crippen LogP contribution in [0.2, 0.25) is 0 Å². The molecule has 0 aromatic carbocycles. The van der Waals surface area contributed by atoms with Gasteiger partial charge in [0.1, 0.15) is 4.90 Å². The number of sulfonamides is 1. The van der Waals surface area contributed by atoms with Gasteiger partial charge in [0.2, 0.25) is 10.0 Å². The first-order chi connectivity index (χ1) is 9.45. The molecule has 0 saturated carbocycles.